The number of carbonyl (C=O) groups excluding carboxylic acids is 1. The van der Waals surface area contributed by atoms with E-state index in [4.69, 9.17) is 5.73 Å². The van der Waals surface area contributed by atoms with Crippen LogP contribution >= 0.6 is 12.4 Å². The van der Waals surface area contributed by atoms with Gasteiger partial charge in [-0.15, -0.1) is 12.4 Å². The van der Waals surface area contributed by atoms with Gasteiger partial charge in [0, 0.05) is 5.56 Å². The van der Waals surface area contributed by atoms with E-state index in [1.54, 1.807) is 19.1 Å². The molecule has 0 aromatic heterocycles. The summed E-state index contributed by atoms with van der Waals surface area (Å²) in [6.45, 7) is 1.69. The molecule has 66 valence electrons. The monoisotopic (exact) mass is 185 g/mol. The second-order valence-electron chi connectivity index (χ2n) is 2.52. The first kappa shape index (κ1) is 11.1. The fraction of sp³-hybridized carbons (Fsp3) is 0.222. The Hall–Kier alpha value is -0.860. The van der Waals surface area contributed by atoms with Crippen LogP contribution in [0.1, 0.15) is 17.3 Å². The van der Waals surface area contributed by atoms with Crippen LogP contribution in [0.25, 0.3) is 0 Å². The molecule has 0 aliphatic rings. The molecule has 0 saturated carbocycles. The minimum atomic E-state index is -0.405. The summed E-state index contributed by atoms with van der Waals surface area (Å²) in [5, 5.41) is 0. The molecule has 0 aliphatic carbocycles. The third kappa shape index (κ3) is 2.64. The Labute approximate surface area is 78.2 Å². The van der Waals surface area contributed by atoms with Gasteiger partial charge >= 0.3 is 0 Å². The molecule has 0 bridgehead atoms. The number of hydrogen-bond acceptors (Lipinski definition) is 2. The van der Waals surface area contributed by atoms with Crippen LogP contribution in [0, 0.1) is 0 Å². The lowest BCUT2D eigenvalue weighted by molar-refractivity contribution is 0.0968. The predicted octanol–water partition coefficient (Wildman–Crippen LogP) is 1.64. The third-order valence-electron chi connectivity index (χ3n) is 1.47. The molecule has 2 nitrogen and oxygen atoms in total. The summed E-state index contributed by atoms with van der Waals surface area (Å²) < 4.78 is 0. The van der Waals surface area contributed by atoms with Crippen molar-refractivity contribution >= 4 is 18.2 Å². The zero-order valence-electron chi connectivity index (χ0n) is 6.86. The fourth-order valence-electron chi connectivity index (χ4n) is 0.865. The number of halogens is 1. The van der Waals surface area contributed by atoms with Crippen LogP contribution in [0.4, 0.5) is 0 Å². The first-order valence-electron chi connectivity index (χ1n) is 3.56. The molecule has 0 heterocycles. The molecule has 0 fully saturated rings. The van der Waals surface area contributed by atoms with Gasteiger partial charge in [-0.2, -0.15) is 0 Å². The largest absolute Gasteiger partial charge is 0.321 e. The second-order valence-corrected chi connectivity index (χ2v) is 2.52. The highest BCUT2D eigenvalue weighted by Crippen LogP contribution is 2.01. The molecule has 2 N–H and O–H groups in total. The topological polar surface area (TPSA) is 43.1 Å². The minimum Gasteiger partial charge on any atom is -0.321 e. The van der Waals surface area contributed by atoms with Gasteiger partial charge < -0.3 is 5.73 Å². The molecule has 1 aromatic rings. The summed E-state index contributed by atoms with van der Waals surface area (Å²) >= 11 is 0. The molecule has 0 saturated heterocycles. The van der Waals surface area contributed by atoms with Crippen molar-refractivity contribution in [3.05, 3.63) is 35.9 Å². The molecule has 0 aliphatic heterocycles. The zero-order valence-corrected chi connectivity index (χ0v) is 7.67. The summed E-state index contributed by atoms with van der Waals surface area (Å²) in [6.07, 6.45) is 0. The van der Waals surface area contributed by atoms with E-state index in [0.29, 0.717) is 5.56 Å². The summed E-state index contributed by atoms with van der Waals surface area (Å²) in [5.74, 6) is -0.00870. The lowest BCUT2D eigenvalue weighted by Gasteiger charge is -2.02. The second kappa shape index (κ2) is 4.91. The number of nitrogens with two attached hydrogens (primary N) is 1. The summed E-state index contributed by atoms with van der Waals surface area (Å²) in [6, 6.07) is 8.66. The summed E-state index contributed by atoms with van der Waals surface area (Å²) in [5.41, 5.74) is 6.10. The van der Waals surface area contributed by atoms with E-state index in [0.717, 1.165) is 0 Å². The van der Waals surface area contributed by atoms with Gasteiger partial charge in [-0.25, -0.2) is 0 Å². The van der Waals surface area contributed by atoms with Crippen molar-refractivity contribution in [2.45, 2.75) is 13.0 Å². The van der Waals surface area contributed by atoms with Crippen molar-refractivity contribution in [2.75, 3.05) is 0 Å². The molecule has 0 amide bonds. The lowest BCUT2D eigenvalue weighted by Crippen LogP contribution is -2.26. The van der Waals surface area contributed by atoms with Crippen molar-refractivity contribution in [3.63, 3.8) is 0 Å². The standard InChI is InChI=1S/C9H11NO.ClH/c1-7(10)9(11)8-5-3-2-4-6-8;/h2-7H,10H2,1H3;1H. The smallest absolute Gasteiger partial charge is 0.179 e. The van der Waals surface area contributed by atoms with Crippen LogP contribution in [0.5, 0.6) is 0 Å². The van der Waals surface area contributed by atoms with Gasteiger partial charge in [-0.1, -0.05) is 30.3 Å². The van der Waals surface area contributed by atoms with Crippen molar-refractivity contribution in [3.8, 4) is 0 Å². The number of rotatable bonds is 2. The van der Waals surface area contributed by atoms with Gasteiger partial charge in [-0.3, -0.25) is 4.79 Å². The Bertz CT molecular complexity index is 246. The molecule has 0 spiro atoms. The van der Waals surface area contributed by atoms with Crippen LogP contribution in [0.3, 0.4) is 0 Å². The predicted molar refractivity (Wildman–Crippen MR) is 51.7 cm³/mol. The number of hydrogen-bond donors (Lipinski definition) is 1. The Morgan fingerprint density at radius 3 is 2.25 bits per heavy atom. The molecule has 1 atom stereocenters. The van der Waals surface area contributed by atoms with Gasteiger partial charge in [0.25, 0.3) is 0 Å². The number of carbonyl (C=O) groups is 1. The maximum absolute atomic E-state index is 11.2. The van der Waals surface area contributed by atoms with Crippen LogP contribution in [0.15, 0.2) is 30.3 Å². The highest BCUT2D eigenvalue weighted by molar-refractivity contribution is 5.99. The highest BCUT2D eigenvalue weighted by atomic mass is 35.5. The average molecular weight is 186 g/mol. The Balaban J connectivity index is 0.00000121. The van der Waals surface area contributed by atoms with Crippen molar-refractivity contribution < 1.29 is 4.79 Å². The van der Waals surface area contributed by atoms with E-state index < -0.39 is 6.04 Å². The SMILES string of the molecule is CC(N)C(=O)c1ccccc1.Cl. The van der Waals surface area contributed by atoms with Crippen molar-refractivity contribution in [1.82, 2.24) is 0 Å². The van der Waals surface area contributed by atoms with Gasteiger partial charge in [0.05, 0.1) is 6.04 Å². The van der Waals surface area contributed by atoms with Crippen LogP contribution in [-0.2, 0) is 0 Å². The number of ketones is 1. The van der Waals surface area contributed by atoms with E-state index >= 15 is 0 Å². The van der Waals surface area contributed by atoms with Crippen molar-refractivity contribution in [1.29, 1.82) is 0 Å². The number of benzene rings is 1. The van der Waals surface area contributed by atoms with Crippen molar-refractivity contribution in [2.24, 2.45) is 5.73 Å². The maximum atomic E-state index is 11.2. The summed E-state index contributed by atoms with van der Waals surface area (Å²) in [7, 11) is 0. The average Bonchev–Trinajstić information content (AvgIpc) is 2.05. The van der Waals surface area contributed by atoms with E-state index in [9.17, 15) is 4.79 Å². The molecular weight excluding hydrogens is 174 g/mol. The third-order valence-corrected chi connectivity index (χ3v) is 1.47. The first-order chi connectivity index (χ1) is 5.22. The fourth-order valence-corrected chi connectivity index (χ4v) is 0.865. The Kier molecular flexibility index (Phi) is 4.55. The number of Topliss-reactive ketones (excluding diaryl/α,β-unsaturated/α-hetero) is 1. The zero-order chi connectivity index (χ0) is 8.27. The van der Waals surface area contributed by atoms with E-state index in [2.05, 4.69) is 0 Å². The molecule has 12 heavy (non-hydrogen) atoms. The molecule has 1 unspecified atom stereocenters. The minimum absolute atomic E-state index is 0. The molecule has 0 radical (unpaired) electrons. The first-order valence-corrected chi connectivity index (χ1v) is 3.56. The molecule has 1 aromatic carbocycles. The summed E-state index contributed by atoms with van der Waals surface area (Å²) in [4.78, 5) is 11.2. The Morgan fingerprint density at radius 2 is 1.83 bits per heavy atom. The van der Waals surface area contributed by atoms with E-state index in [1.807, 2.05) is 18.2 Å². The van der Waals surface area contributed by atoms with Crippen LogP contribution < -0.4 is 5.73 Å². The van der Waals surface area contributed by atoms with Gasteiger partial charge in [0.15, 0.2) is 5.78 Å². The van der Waals surface area contributed by atoms with E-state index in [1.165, 1.54) is 0 Å². The molecule has 3 heteroatoms. The van der Waals surface area contributed by atoms with Gasteiger partial charge in [0.1, 0.15) is 0 Å². The molecule has 1 rings (SSSR count). The van der Waals surface area contributed by atoms with Crippen LogP contribution in [-0.4, -0.2) is 11.8 Å². The van der Waals surface area contributed by atoms with E-state index in [-0.39, 0.29) is 18.2 Å². The van der Waals surface area contributed by atoms with Crippen LogP contribution in [0.2, 0.25) is 0 Å². The molecular formula is C9H12ClNO. The lowest BCUT2D eigenvalue weighted by atomic mass is 10.1. The Morgan fingerprint density at radius 1 is 1.33 bits per heavy atom. The normalized spacial score (nSPS) is 11.5. The quantitative estimate of drug-likeness (QED) is 0.712. The maximum Gasteiger partial charge on any atom is 0.179 e. The van der Waals surface area contributed by atoms with Gasteiger partial charge in [-0.05, 0) is 6.92 Å². The van der Waals surface area contributed by atoms with Gasteiger partial charge in [0.2, 0.25) is 0 Å². The highest BCUT2D eigenvalue weighted by Gasteiger charge is 2.08.